The van der Waals surface area contributed by atoms with Crippen molar-refractivity contribution in [3.8, 4) is 0 Å². The van der Waals surface area contributed by atoms with Crippen LogP contribution in [0.15, 0.2) is 9.98 Å². The third-order valence-corrected chi connectivity index (χ3v) is 5.07. The van der Waals surface area contributed by atoms with Gasteiger partial charge in [-0.05, 0) is 39.0 Å². The van der Waals surface area contributed by atoms with Crippen molar-refractivity contribution in [2.75, 3.05) is 19.6 Å². The van der Waals surface area contributed by atoms with Crippen molar-refractivity contribution in [3.05, 3.63) is 0 Å². The predicted octanol–water partition coefficient (Wildman–Crippen LogP) is 4.96. The lowest BCUT2D eigenvalue weighted by Gasteiger charge is -2.41. The van der Waals surface area contributed by atoms with E-state index in [0.717, 1.165) is 25.2 Å². The molecular weight excluding hydrogens is 294 g/mol. The van der Waals surface area contributed by atoms with Crippen molar-refractivity contribution in [1.29, 1.82) is 0 Å². The summed E-state index contributed by atoms with van der Waals surface area (Å²) in [6, 6.07) is 4.51. The zero-order valence-electron chi connectivity index (χ0n) is 14.3. The second kappa shape index (κ2) is 12.1. The van der Waals surface area contributed by atoms with Crippen LogP contribution in [0.2, 0.25) is 0 Å². The van der Waals surface area contributed by atoms with Crippen LogP contribution in [-0.2, 0) is 0 Å². The maximum absolute atomic E-state index is 4.28. The van der Waals surface area contributed by atoms with Crippen LogP contribution < -0.4 is 0 Å². The van der Waals surface area contributed by atoms with E-state index in [9.17, 15) is 0 Å². The number of hydrogen-bond donors (Lipinski definition) is 0. The summed E-state index contributed by atoms with van der Waals surface area (Å²) in [6.45, 7) is 4.93. The van der Waals surface area contributed by atoms with E-state index < -0.39 is 0 Å². The molecule has 3 nitrogen and oxygen atoms in total. The van der Waals surface area contributed by atoms with E-state index in [-0.39, 0.29) is 12.4 Å². The summed E-state index contributed by atoms with van der Waals surface area (Å²) in [4.78, 5) is 11.2. The number of aliphatic imine (C=N–C) groups is 2. The number of nitrogens with zero attached hydrogens (tertiary/aromatic N) is 3. The minimum Gasteiger partial charge on any atom is -0.297 e. The van der Waals surface area contributed by atoms with Gasteiger partial charge < -0.3 is 0 Å². The minimum atomic E-state index is 0. The summed E-state index contributed by atoms with van der Waals surface area (Å²) >= 11 is 0. The van der Waals surface area contributed by atoms with E-state index in [1.165, 1.54) is 77.2 Å². The molecule has 2 aliphatic rings. The molecule has 0 N–H and O–H groups in total. The van der Waals surface area contributed by atoms with Gasteiger partial charge in [-0.3, -0.25) is 4.90 Å². The first-order chi connectivity index (χ1) is 10.4. The maximum atomic E-state index is 4.28. The van der Waals surface area contributed by atoms with Gasteiger partial charge in [-0.25, -0.2) is 9.98 Å². The lowest BCUT2D eigenvalue weighted by atomic mass is 9.88. The molecule has 0 spiro atoms. The van der Waals surface area contributed by atoms with Gasteiger partial charge in [0.15, 0.2) is 0 Å². The lowest BCUT2D eigenvalue weighted by molar-refractivity contribution is 0.0803. The van der Waals surface area contributed by atoms with E-state index in [0.29, 0.717) is 0 Å². The van der Waals surface area contributed by atoms with Crippen LogP contribution >= 0.6 is 12.4 Å². The average Bonchev–Trinajstić information content (AvgIpc) is 2.56. The number of rotatable bonds is 7. The molecule has 128 valence electrons. The zero-order chi connectivity index (χ0) is 14.8. The van der Waals surface area contributed by atoms with Gasteiger partial charge in [0.2, 0.25) is 0 Å². The Balaban J connectivity index is 0.00000242. The van der Waals surface area contributed by atoms with Crippen molar-refractivity contribution in [2.24, 2.45) is 9.98 Å². The number of halogens is 1. The van der Waals surface area contributed by atoms with Gasteiger partial charge in [0, 0.05) is 25.2 Å². The smallest absolute Gasteiger partial charge is 0.0892 e. The van der Waals surface area contributed by atoms with E-state index in [1.807, 2.05) is 6.92 Å². The molecule has 2 aliphatic carbocycles. The van der Waals surface area contributed by atoms with E-state index >= 15 is 0 Å². The fourth-order valence-corrected chi connectivity index (χ4v) is 3.99. The van der Waals surface area contributed by atoms with Gasteiger partial charge in [0.05, 0.1) is 12.6 Å². The van der Waals surface area contributed by atoms with Crippen molar-refractivity contribution in [3.63, 3.8) is 0 Å². The van der Waals surface area contributed by atoms with Crippen LogP contribution in [-0.4, -0.2) is 42.6 Å². The normalized spacial score (nSPS) is 20.3. The predicted molar refractivity (Wildman–Crippen MR) is 97.6 cm³/mol. The van der Waals surface area contributed by atoms with Gasteiger partial charge in [0.25, 0.3) is 0 Å². The van der Waals surface area contributed by atoms with Crippen molar-refractivity contribution < 1.29 is 0 Å². The maximum Gasteiger partial charge on any atom is 0.0892 e. The third-order valence-electron chi connectivity index (χ3n) is 5.07. The van der Waals surface area contributed by atoms with E-state index in [2.05, 4.69) is 20.9 Å². The fourth-order valence-electron chi connectivity index (χ4n) is 3.99. The molecule has 0 amide bonds. The summed E-state index contributed by atoms with van der Waals surface area (Å²) in [5, 5.41) is 0. The molecule has 0 radical (unpaired) electrons. The molecule has 2 fully saturated rings. The summed E-state index contributed by atoms with van der Waals surface area (Å²) in [5.74, 6) is 0. The Morgan fingerprint density at radius 2 is 1.41 bits per heavy atom. The summed E-state index contributed by atoms with van der Waals surface area (Å²) in [5.41, 5.74) is 0. The van der Waals surface area contributed by atoms with Gasteiger partial charge in [-0.2, -0.15) is 0 Å². The first-order valence-corrected chi connectivity index (χ1v) is 9.25. The fraction of sp³-hybridized carbons (Fsp3) is 0.944. The minimum absolute atomic E-state index is 0. The Morgan fingerprint density at radius 3 is 1.91 bits per heavy atom. The molecule has 0 heterocycles. The quantitative estimate of drug-likeness (QED) is 0.479. The van der Waals surface area contributed by atoms with Crippen LogP contribution in [0.5, 0.6) is 0 Å². The summed E-state index contributed by atoms with van der Waals surface area (Å²) in [6.07, 6.45) is 15.5. The number of hydrogen-bond acceptors (Lipinski definition) is 3. The van der Waals surface area contributed by atoms with E-state index in [1.54, 1.807) is 0 Å². The highest BCUT2D eigenvalue weighted by atomic mass is 35.5. The van der Waals surface area contributed by atoms with Crippen LogP contribution in [0.4, 0.5) is 0 Å². The molecule has 2 saturated carbocycles. The largest absolute Gasteiger partial charge is 0.297 e. The van der Waals surface area contributed by atoms with Gasteiger partial charge in [0.1, 0.15) is 0 Å². The lowest BCUT2D eigenvalue weighted by Crippen LogP contribution is -2.45. The second-order valence-corrected chi connectivity index (χ2v) is 6.63. The Bertz CT molecular complexity index is 309. The van der Waals surface area contributed by atoms with Crippen molar-refractivity contribution in [1.82, 2.24) is 4.90 Å². The second-order valence-electron chi connectivity index (χ2n) is 6.63. The summed E-state index contributed by atoms with van der Waals surface area (Å²) in [7, 11) is 0. The Kier molecular flexibility index (Phi) is 10.8. The molecule has 0 bridgehead atoms. The topological polar surface area (TPSA) is 28.0 Å². The SMILES string of the molecule is CCN=C=NCCCN(C1CCCCC1)C1CCCCC1.Cl. The first-order valence-electron chi connectivity index (χ1n) is 9.25. The Labute approximate surface area is 143 Å². The van der Waals surface area contributed by atoms with Gasteiger partial charge >= 0.3 is 0 Å². The van der Waals surface area contributed by atoms with E-state index in [4.69, 9.17) is 0 Å². The molecule has 0 atom stereocenters. The molecule has 0 aromatic heterocycles. The van der Waals surface area contributed by atoms with Gasteiger partial charge in [-0.15, -0.1) is 12.4 Å². The summed E-state index contributed by atoms with van der Waals surface area (Å²) < 4.78 is 0. The molecule has 0 aromatic rings. The molecule has 22 heavy (non-hydrogen) atoms. The third kappa shape index (κ3) is 6.81. The highest BCUT2D eigenvalue weighted by molar-refractivity contribution is 5.85. The van der Waals surface area contributed by atoms with Crippen LogP contribution in [0.25, 0.3) is 0 Å². The van der Waals surface area contributed by atoms with Crippen LogP contribution in [0.1, 0.15) is 77.6 Å². The Morgan fingerprint density at radius 1 is 0.864 bits per heavy atom. The highest BCUT2D eigenvalue weighted by Crippen LogP contribution is 2.30. The molecule has 4 heteroatoms. The van der Waals surface area contributed by atoms with Crippen molar-refractivity contribution in [2.45, 2.75) is 89.6 Å². The standard InChI is InChI=1S/C18H33N3.ClH/c1-2-19-16-20-14-9-15-21(17-10-5-3-6-11-17)18-12-7-4-8-13-18;/h17-18H,2-15H2,1H3;1H. The highest BCUT2D eigenvalue weighted by Gasteiger charge is 2.28. The monoisotopic (exact) mass is 327 g/mol. The zero-order valence-corrected chi connectivity index (χ0v) is 15.1. The molecule has 2 rings (SSSR count). The molecule has 0 aromatic carbocycles. The van der Waals surface area contributed by atoms with Gasteiger partial charge in [-0.1, -0.05) is 38.5 Å². The first kappa shape index (κ1) is 19.7. The van der Waals surface area contributed by atoms with Crippen LogP contribution in [0, 0.1) is 0 Å². The van der Waals surface area contributed by atoms with Crippen molar-refractivity contribution >= 4 is 18.4 Å². The van der Waals surface area contributed by atoms with Crippen LogP contribution in [0.3, 0.4) is 0 Å². The molecular formula is C18H34ClN3. The molecule has 0 saturated heterocycles. The molecule has 0 aliphatic heterocycles. The molecule has 0 unspecified atom stereocenters. The average molecular weight is 328 g/mol. The Hall–Kier alpha value is -0.370.